The molecule has 2 aliphatic heterocycles. The number of amides is 1. The van der Waals surface area contributed by atoms with Crippen LogP contribution < -0.4 is 14.8 Å². The van der Waals surface area contributed by atoms with Gasteiger partial charge in [0.05, 0.1) is 6.42 Å². The summed E-state index contributed by atoms with van der Waals surface area (Å²) in [5.74, 6) is 2.27. The van der Waals surface area contributed by atoms with E-state index in [1.165, 1.54) is 5.56 Å². The largest absolute Gasteiger partial charge is 0.486 e. The molecule has 3 heterocycles. The molecule has 7 heteroatoms. The molecule has 2 aliphatic rings. The first-order valence-corrected chi connectivity index (χ1v) is 11.3. The summed E-state index contributed by atoms with van der Waals surface area (Å²) in [4.78, 5) is 18.8. The Morgan fingerprint density at radius 3 is 2.87 bits per heavy atom. The second-order valence-electron chi connectivity index (χ2n) is 8.24. The average Bonchev–Trinajstić information content (AvgIpc) is 2.73. The van der Waals surface area contributed by atoms with Gasteiger partial charge in [-0.3, -0.25) is 14.7 Å². The average molecular weight is 474 g/mol. The maximum atomic E-state index is 12.2. The number of nitrogens with zero attached hydrogens (tertiary/aromatic N) is 2. The van der Waals surface area contributed by atoms with Gasteiger partial charge in [0.15, 0.2) is 11.5 Å². The van der Waals surface area contributed by atoms with Gasteiger partial charge >= 0.3 is 0 Å². The molecule has 1 unspecified atom stereocenters. The van der Waals surface area contributed by atoms with Crippen LogP contribution >= 0.6 is 15.9 Å². The highest BCUT2D eigenvalue weighted by atomic mass is 79.9. The first kappa shape index (κ1) is 21.1. The van der Waals surface area contributed by atoms with E-state index in [0.29, 0.717) is 18.9 Å². The van der Waals surface area contributed by atoms with Crippen LogP contribution in [0.3, 0.4) is 0 Å². The number of carbonyl (C=O) groups is 1. The molecule has 4 rings (SSSR count). The zero-order valence-electron chi connectivity index (χ0n) is 17.3. The van der Waals surface area contributed by atoms with Crippen molar-refractivity contribution in [2.45, 2.75) is 32.3 Å². The number of pyridine rings is 1. The predicted molar refractivity (Wildman–Crippen MR) is 119 cm³/mol. The van der Waals surface area contributed by atoms with Gasteiger partial charge in [0.1, 0.15) is 12.7 Å². The summed E-state index contributed by atoms with van der Waals surface area (Å²) in [5, 5.41) is 3.09. The number of aryl methyl sites for hydroxylation is 1. The van der Waals surface area contributed by atoms with E-state index in [9.17, 15) is 4.79 Å². The molecule has 2 aromatic rings. The maximum Gasteiger partial charge on any atom is 0.224 e. The number of aromatic nitrogens is 1. The van der Waals surface area contributed by atoms with E-state index in [1.807, 2.05) is 24.3 Å². The fourth-order valence-electron chi connectivity index (χ4n) is 4.03. The summed E-state index contributed by atoms with van der Waals surface area (Å²) in [6.07, 6.45) is 6.06. The van der Waals surface area contributed by atoms with Crippen molar-refractivity contribution in [1.82, 2.24) is 15.2 Å². The normalized spacial score (nSPS) is 19.5. The highest BCUT2D eigenvalue weighted by Gasteiger charge is 2.26. The second-order valence-corrected chi connectivity index (χ2v) is 9.15. The summed E-state index contributed by atoms with van der Waals surface area (Å²) >= 11 is 3.39. The summed E-state index contributed by atoms with van der Waals surface area (Å²) in [6.45, 7) is 6.32. The van der Waals surface area contributed by atoms with Crippen molar-refractivity contribution in [3.05, 3.63) is 52.3 Å². The molecular weight excluding hydrogens is 446 g/mol. The number of fused-ring (bicyclic) bond motifs is 1. The first-order valence-electron chi connectivity index (χ1n) is 10.5. The molecule has 0 aliphatic carbocycles. The van der Waals surface area contributed by atoms with Crippen LogP contribution in [0.1, 0.15) is 24.0 Å². The summed E-state index contributed by atoms with van der Waals surface area (Å²) in [7, 11) is 0. The third kappa shape index (κ3) is 5.73. The third-order valence-electron chi connectivity index (χ3n) is 5.70. The topological polar surface area (TPSA) is 63.7 Å². The Labute approximate surface area is 186 Å². The van der Waals surface area contributed by atoms with Crippen molar-refractivity contribution in [2.75, 3.05) is 32.8 Å². The molecule has 1 aromatic carbocycles. The number of ether oxygens (including phenoxy) is 2. The number of hydrogen-bond donors (Lipinski definition) is 1. The van der Waals surface area contributed by atoms with Crippen molar-refractivity contribution in [2.24, 2.45) is 5.92 Å². The van der Waals surface area contributed by atoms with E-state index in [2.05, 4.69) is 38.1 Å². The summed E-state index contributed by atoms with van der Waals surface area (Å²) in [5.41, 5.74) is 2.10. The SMILES string of the molecule is Cc1ccc2c(c1)OC(CN1CCC(CNC(=O)Cc3cncc(Br)c3)CC1)CO2. The minimum absolute atomic E-state index is 0.0547. The van der Waals surface area contributed by atoms with Crippen LogP contribution in [0.15, 0.2) is 41.1 Å². The molecule has 0 spiro atoms. The Morgan fingerprint density at radius 1 is 1.23 bits per heavy atom. The Kier molecular flexibility index (Phi) is 6.89. The molecule has 30 heavy (non-hydrogen) atoms. The molecule has 1 amide bonds. The van der Waals surface area contributed by atoms with Gasteiger partial charge in [-0.15, -0.1) is 0 Å². The summed E-state index contributed by atoms with van der Waals surface area (Å²) < 4.78 is 12.9. The molecule has 1 aromatic heterocycles. The molecule has 0 saturated carbocycles. The molecule has 6 nitrogen and oxygen atoms in total. The van der Waals surface area contributed by atoms with Gasteiger partial charge in [0.2, 0.25) is 5.91 Å². The minimum atomic E-state index is 0.0547. The first-order chi connectivity index (χ1) is 14.5. The van der Waals surface area contributed by atoms with Crippen LogP contribution in [0.4, 0.5) is 0 Å². The van der Waals surface area contributed by atoms with Crippen LogP contribution in [-0.4, -0.2) is 54.7 Å². The predicted octanol–water partition coefficient (Wildman–Crippen LogP) is 3.36. The molecule has 1 N–H and O–H groups in total. The van der Waals surface area contributed by atoms with E-state index in [-0.39, 0.29) is 12.0 Å². The van der Waals surface area contributed by atoms with Gasteiger partial charge in [-0.1, -0.05) is 6.07 Å². The lowest BCUT2D eigenvalue weighted by molar-refractivity contribution is -0.120. The number of nitrogens with one attached hydrogen (secondary N) is 1. The van der Waals surface area contributed by atoms with Crippen LogP contribution in [-0.2, 0) is 11.2 Å². The van der Waals surface area contributed by atoms with Gasteiger partial charge in [-0.05, 0) is 84.0 Å². The second kappa shape index (κ2) is 9.79. The van der Waals surface area contributed by atoms with Crippen LogP contribution in [0.2, 0.25) is 0 Å². The van der Waals surface area contributed by atoms with Gasteiger partial charge < -0.3 is 14.8 Å². The third-order valence-corrected chi connectivity index (χ3v) is 6.13. The molecule has 0 radical (unpaired) electrons. The minimum Gasteiger partial charge on any atom is -0.486 e. The fourth-order valence-corrected chi connectivity index (χ4v) is 4.44. The lowest BCUT2D eigenvalue weighted by Crippen LogP contribution is -2.45. The standard InChI is InChI=1S/C23H28BrN3O3/c1-16-2-3-21-22(8-16)30-20(15-29-21)14-27-6-4-17(5-7-27)12-26-23(28)10-18-9-19(24)13-25-11-18/h2-3,8-9,11,13,17,20H,4-7,10,12,14-15H2,1H3,(H,26,28). The molecule has 1 fully saturated rings. The lowest BCUT2D eigenvalue weighted by atomic mass is 9.96. The van der Waals surface area contributed by atoms with Crippen LogP contribution in [0.5, 0.6) is 11.5 Å². The number of halogens is 1. The van der Waals surface area contributed by atoms with Crippen LogP contribution in [0.25, 0.3) is 0 Å². The van der Waals surface area contributed by atoms with Gasteiger partial charge in [0.25, 0.3) is 0 Å². The highest BCUT2D eigenvalue weighted by Crippen LogP contribution is 2.32. The number of rotatable bonds is 6. The number of carbonyl (C=O) groups excluding carboxylic acids is 1. The van der Waals surface area contributed by atoms with Crippen molar-refractivity contribution in [3.8, 4) is 11.5 Å². The number of piperidine rings is 1. The number of likely N-dealkylation sites (tertiary alicyclic amines) is 1. The zero-order valence-corrected chi connectivity index (χ0v) is 18.9. The highest BCUT2D eigenvalue weighted by molar-refractivity contribution is 9.10. The van der Waals surface area contributed by atoms with E-state index in [0.717, 1.165) is 60.6 Å². The monoisotopic (exact) mass is 473 g/mol. The zero-order chi connectivity index (χ0) is 20.9. The lowest BCUT2D eigenvalue weighted by Gasteiger charge is -2.35. The molecule has 0 bridgehead atoms. The quantitative estimate of drug-likeness (QED) is 0.696. The van der Waals surface area contributed by atoms with E-state index in [4.69, 9.17) is 9.47 Å². The Bertz CT molecular complexity index is 884. The molecular formula is C23H28BrN3O3. The van der Waals surface area contributed by atoms with Gasteiger partial charge in [0, 0.05) is 30.0 Å². The Morgan fingerprint density at radius 2 is 2.07 bits per heavy atom. The molecule has 160 valence electrons. The molecule has 1 atom stereocenters. The van der Waals surface area contributed by atoms with E-state index < -0.39 is 0 Å². The molecule has 1 saturated heterocycles. The van der Waals surface area contributed by atoms with Crippen molar-refractivity contribution >= 4 is 21.8 Å². The van der Waals surface area contributed by atoms with Crippen LogP contribution in [0, 0.1) is 12.8 Å². The van der Waals surface area contributed by atoms with E-state index in [1.54, 1.807) is 12.4 Å². The van der Waals surface area contributed by atoms with E-state index >= 15 is 0 Å². The smallest absolute Gasteiger partial charge is 0.224 e. The van der Waals surface area contributed by atoms with Crippen molar-refractivity contribution in [3.63, 3.8) is 0 Å². The van der Waals surface area contributed by atoms with Crippen molar-refractivity contribution in [1.29, 1.82) is 0 Å². The Balaban J connectivity index is 1.17. The van der Waals surface area contributed by atoms with Crippen molar-refractivity contribution < 1.29 is 14.3 Å². The number of benzene rings is 1. The maximum absolute atomic E-state index is 12.2. The number of hydrogen-bond acceptors (Lipinski definition) is 5. The summed E-state index contributed by atoms with van der Waals surface area (Å²) in [6, 6.07) is 8.00. The van der Waals surface area contributed by atoms with Gasteiger partial charge in [-0.25, -0.2) is 0 Å². The Hall–Kier alpha value is -2.12. The van der Waals surface area contributed by atoms with Gasteiger partial charge in [-0.2, -0.15) is 0 Å². The fraction of sp³-hybridized carbons (Fsp3) is 0.478.